The molecular weight excluding hydrogens is 364 g/mol. The Morgan fingerprint density at radius 3 is 2.59 bits per heavy atom. The maximum absolute atomic E-state index is 13.0. The number of hydrogen-bond donors (Lipinski definition) is 1. The fraction of sp³-hybridized carbons (Fsp3) is 0.708. The first-order valence-electron chi connectivity index (χ1n) is 11.7. The lowest BCUT2D eigenvalue weighted by Gasteiger charge is -2.27. The van der Waals surface area contributed by atoms with E-state index in [4.69, 9.17) is 9.47 Å². The van der Waals surface area contributed by atoms with Crippen LogP contribution in [-0.4, -0.2) is 56.8 Å². The van der Waals surface area contributed by atoms with Crippen molar-refractivity contribution < 1.29 is 19.2 Å². The summed E-state index contributed by atoms with van der Waals surface area (Å²) < 4.78 is 11.0. The topological polar surface area (TPSA) is 43.2 Å². The van der Waals surface area contributed by atoms with Gasteiger partial charge in [-0.05, 0) is 37.0 Å². The largest absolute Gasteiger partial charge is 0.494 e. The third-order valence-corrected chi connectivity index (χ3v) is 6.36. The number of nitrogens with zero attached hydrogens (tertiary/aromatic N) is 1. The summed E-state index contributed by atoms with van der Waals surface area (Å²) in [5.41, 5.74) is 1.18. The highest BCUT2D eigenvalue weighted by Crippen LogP contribution is 2.28. The van der Waals surface area contributed by atoms with Crippen molar-refractivity contribution in [3.63, 3.8) is 0 Å². The molecule has 2 aliphatic rings. The standard InChI is InChI=1S/C24H38N2O3/c1-2-29-23-11-8-22(9-12-23)20-26(15-5-14-25-16-18-28-19-17-25)24(27)13-10-21-6-3-4-7-21/h8-9,11-12,21H,2-7,10,13-20H2,1H3/p+1. The molecule has 3 rings (SSSR count). The molecule has 2 fully saturated rings. The Morgan fingerprint density at radius 2 is 1.90 bits per heavy atom. The van der Waals surface area contributed by atoms with E-state index in [2.05, 4.69) is 17.0 Å². The molecule has 1 saturated heterocycles. The molecule has 29 heavy (non-hydrogen) atoms. The normalized spacial score (nSPS) is 18.1. The highest BCUT2D eigenvalue weighted by Gasteiger charge is 2.20. The van der Waals surface area contributed by atoms with Crippen LogP contribution in [0.25, 0.3) is 0 Å². The summed E-state index contributed by atoms with van der Waals surface area (Å²) in [5.74, 6) is 1.98. The third-order valence-electron chi connectivity index (χ3n) is 6.36. The van der Waals surface area contributed by atoms with Gasteiger partial charge in [-0.1, -0.05) is 37.8 Å². The van der Waals surface area contributed by atoms with Gasteiger partial charge >= 0.3 is 0 Å². The average molecular weight is 404 g/mol. The van der Waals surface area contributed by atoms with E-state index in [0.717, 1.165) is 63.9 Å². The van der Waals surface area contributed by atoms with Crippen LogP contribution in [0.5, 0.6) is 5.75 Å². The number of rotatable bonds is 11. The quantitative estimate of drug-likeness (QED) is 0.618. The van der Waals surface area contributed by atoms with Gasteiger partial charge in [-0.3, -0.25) is 4.79 Å². The van der Waals surface area contributed by atoms with Crippen molar-refractivity contribution in [2.24, 2.45) is 5.92 Å². The second-order valence-corrected chi connectivity index (χ2v) is 8.55. The van der Waals surface area contributed by atoms with E-state index in [1.54, 1.807) is 4.90 Å². The van der Waals surface area contributed by atoms with Gasteiger partial charge < -0.3 is 19.3 Å². The third kappa shape index (κ3) is 7.63. The SMILES string of the molecule is CCOc1ccc(CN(CCC[NH+]2CCOCC2)C(=O)CCC2CCCC2)cc1. The molecule has 0 spiro atoms. The lowest BCUT2D eigenvalue weighted by atomic mass is 10.0. The van der Waals surface area contributed by atoms with Gasteiger partial charge in [0.15, 0.2) is 0 Å². The van der Waals surface area contributed by atoms with Crippen molar-refractivity contribution in [1.82, 2.24) is 4.90 Å². The lowest BCUT2D eigenvalue weighted by molar-refractivity contribution is -0.908. The molecule has 0 bridgehead atoms. The van der Waals surface area contributed by atoms with Crippen molar-refractivity contribution in [3.8, 4) is 5.75 Å². The van der Waals surface area contributed by atoms with Crippen molar-refractivity contribution in [3.05, 3.63) is 29.8 Å². The van der Waals surface area contributed by atoms with Crippen LogP contribution in [0.4, 0.5) is 0 Å². The minimum atomic E-state index is 0.322. The fourth-order valence-electron chi connectivity index (χ4n) is 4.58. The van der Waals surface area contributed by atoms with Gasteiger partial charge in [0.25, 0.3) is 0 Å². The maximum atomic E-state index is 13.0. The van der Waals surface area contributed by atoms with Crippen LogP contribution in [-0.2, 0) is 16.1 Å². The van der Waals surface area contributed by atoms with Crippen LogP contribution in [0, 0.1) is 5.92 Å². The number of quaternary nitrogens is 1. The molecule has 1 aliphatic carbocycles. The molecule has 5 nitrogen and oxygen atoms in total. The van der Waals surface area contributed by atoms with Crippen LogP contribution in [0.15, 0.2) is 24.3 Å². The monoisotopic (exact) mass is 403 g/mol. The summed E-state index contributed by atoms with van der Waals surface area (Å²) in [4.78, 5) is 16.7. The number of carbonyl (C=O) groups excluding carboxylic acids is 1. The Morgan fingerprint density at radius 1 is 1.17 bits per heavy atom. The number of amides is 1. The zero-order chi connectivity index (χ0) is 20.3. The highest BCUT2D eigenvalue weighted by atomic mass is 16.5. The van der Waals surface area contributed by atoms with Crippen molar-refractivity contribution >= 4 is 5.91 Å². The van der Waals surface area contributed by atoms with Crippen LogP contribution in [0.2, 0.25) is 0 Å². The molecule has 1 aromatic rings. The molecule has 1 aromatic carbocycles. The molecule has 1 N–H and O–H groups in total. The number of carbonyl (C=O) groups is 1. The number of nitrogens with one attached hydrogen (secondary N) is 1. The van der Waals surface area contributed by atoms with Gasteiger partial charge in [0.2, 0.25) is 5.91 Å². The van der Waals surface area contributed by atoms with Crippen molar-refractivity contribution in [2.75, 3.05) is 46.0 Å². The number of ether oxygens (including phenoxy) is 2. The number of benzene rings is 1. The summed E-state index contributed by atoms with van der Waals surface area (Å²) in [5, 5.41) is 0. The van der Waals surface area contributed by atoms with Crippen LogP contribution < -0.4 is 9.64 Å². The molecule has 1 amide bonds. The van der Waals surface area contributed by atoms with Crippen LogP contribution >= 0.6 is 0 Å². The van der Waals surface area contributed by atoms with E-state index in [-0.39, 0.29) is 0 Å². The Labute approximate surface area is 176 Å². The molecule has 162 valence electrons. The molecule has 0 atom stereocenters. The zero-order valence-corrected chi connectivity index (χ0v) is 18.2. The van der Waals surface area contributed by atoms with Gasteiger partial charge in [-0.15, -0.1) is 0 Å². The van der Waals surface area contributed by atoms with E-state index in [1.165, 1.54) is 31.2 Å². The summed E-state index contributed by atoms with van der Waals surface area (Å²) in [6, 6.07) is 8.21. The molecule has 0 unspecified atom stereocenters. The number of hydrogen-bond acceptors (Lipinski definition) is 3. The first-order valence-corrected chi connectivity index (χ1v) is 11.7. The molecule has 1 aliphatic heterocycles. The molecular formula is C24H39N2O3+. The predicted molar refractivity (Wildman–Crippen MR) is 115 cm³/mol. The Hall–Kier alpha value is -1.59. The Bertz CT molecular complexity index is 593. The van der Waals surface area contributed by atoms with Gasteiger partial charge in [0.1, 0.15) is 18.8 Å². The smallest absolute Gasteiger partial charge is 0.222 e. The lowest BCUT2D eigenvalue weighted by Crippen LogP contribution is -3.14. The Balaban J connectivity index is 1.52. The maximum Gasteiger partial charge on any atom is 0.222 e. The minimum Gasteiger partial charge on any atom is -0.494 e. The summed E-state index contributed by atoms with van der Waals surface area (Å²) in [6.45, 7) is 9.26. The van der Waals surface area contributed by atoms with E-state index in [1.807, 2.05) is 19.1 Å². The predicted octanol–water partition coefficient (Wildman–Crippen LogP) is 2.69. The van der Waals surface area contributed by atoms with Crippen molar-refractivity contribution in [1.29, 1.82) is 0 Å². The Kier molecular flexibility index (Phi) is 9.29. The second kappa shape index (κ2) is 12.2. The van der Waals surface area contributed by atoms with E-state index in [9.17, 15) is 4.79 Å². The highest BCUT2D eigenvalue weighted by molar-refractivity contribution is 5.76. The molecule has 1 saturated carbocycles. The van der Waals surface area contributed by atoms with Gasteiger partial charge in [-0.2, -0.15) is 0 Å². The number of morpholine rings is 1. The second-order valence-electron chi connectivity index (χ2n) is 8.55. The average Bonchev–Trinajstić information content (AvgIpc) is 3.27. The van der Waals surface area contributed by atoms with Gasteiger partial charge in [-0.25, -0.2) is 0 Å². The van der Waals surface area contributed by atoms with Crippen LogP contribution in [0.3, 0.4) is 0 Å². The van der Waals surface area contributed by atoms with E-state index in [0.29, 0.717) is 25.5 Å². The minimum absolute atomic E-state index is 0.322. The van der Waals surface area contributed by atoms with E-state index < -0.39 is 0 Å². The van der Waals surface area contributed by atoms with Gasteiger partial charge in [0, 0.05) is 25.9 Å². The zero-order valence-electron chi connectivity index (χ0n) is 18.2. The molecule has 0 radical (unpaired) electrons. The summed E-state index contributed by atoms with van der Waals surface area (Å²) in [6.07, 6.45) is 8.13. The molecule has 5 heteroatoms. The van der Waals surface area contributed by atoms with Crippen molar-refractivity contribution in [2.45, 2.75) is 58.4 Å². The summed E-state index contributed by atoms with van der Waals surface area (Å²) >= 11 is 0. The van der Waals surface area contributed by atoms with Crippen LogP contribution in [0.1, 0.15) is 57.4 Å². The summed E-state index contributed by atoms with van der Waals surface area (Å²) in [7, 11) is 0. The molecule has 1 heterocycles. The van der Waals surface area contributed by atoms with E-state index >= 15 is 0 Å². The first-order chi connectivity index (χ1) is 14.2. The first kappa shape index (κ1) is 22.1. The van der Waals surface area contributed by atoms with Gasteiger partial charge in [0.05, 0.1) is 26.4 Å². The fourth-order valence-corrected chi connectivity index (χ4v) is 4.58. The molecule has 0 aromatic heterocycles.